The van der Waals surface area contributed by atoms with Crippen LogP contribution in [0.3, 0.4) is 0 Å². The number of benzene rings is 1. The fourth-order valence-corrected chi connectivity index (χ4v) is 6.25. The second kappa shape index (κ2) is 10.6. The van der Waals surface area contributed by atoms with Gasteiger partial charge < -0.3 is 19.7 Å². The fourth-order valence-electron chi connectivity index (χ4n) is 6.25. The van der Waals surface area contributed by atoms with Crippen molar-refractivity contribution in [2.24, 2.45) is 11.8 Å². The molecule has 2 N–H and O–H groups in total. The average molecular weight is 481 g/mol. The summed E-state index contributed by atoms with van der Waals surface area (Å²) in [5.41, 5.74) is 2.41. The molecule has 0 spiro atoms. The molecule has 0 radical (unpaired) electrons. The fraction of sp³-hybridized carbons (Fsp3) is 0.556. The lowest BCUT2D eigenvalue weighted by Gasteiger charge is -2.37. The van der Waals surface area contributed by atoms with Gasteiger partial charge in [0.1, 0.15) is 0 Å². The molecule has 8 heteroatoms. The Labute approximate surface area is 206 Å². The van der Waals surface area contributed by atoms with Gasteiger partial charge in [0.15, 0.2) is 0 Å². The number of ether oxygens (including phenoxy) is 1. The minimum Gasteiger partial charge on any atom is -0.396 e. The van der Waals surface area contributed by atoms with E-state index in [1.165, 1.54) is 0 Å². The van der Waals surface area contributed by atoms with Gasteiger partial charge in [-0.2, -0.15) is 0 Å². The molecule has 2 fully saturated rings. The molecule has 4 atom stereocenters. The molecule has 0 saturated carbocycles. The van der Waals surface area contributed by atoms with Crippen molar-refractivity contribution in [3.8, 4) is 11.1 Å². The van der Waals surface area contributed by atoms with E-state index >= 15 is 0 Å². The van der Waals surface area contributed by atoms with Gasteiger partial charge in [-0.25, -0.2) is 0 Å². The third kappa shape index (κ3) is 4.56. The lowest BCUT2D eigenvalue weighted by Crippen LogP contribution is -2.46. The first kappa shape index (κ1) is 24.2. The number of carbonyl (C=O) groups excluding carboxylic acids is 1. The Morgan fingerprint density at radius 3 is 2.63 bits per heavy atom. The minimum atomic E-state index is -0.385. The number of hydrogen-bond donors (Lipinski definition) is 2. The zero-order chi connectivity index (χ0) is 24.4. The van der Waals surface area contributed by atoms with Crippen molar-refractivity contribution in [1.29, 1.82) is 0 Å². The van der Waals surface area contributed by atoms with E-state index in [0.29, 0.717) is 18.7 Å². The highest BCUT2D eigenvalue weighted by atomic mass is 16.5. The maximum Gasteiger partial charge on any atom is 0.258 e. The number of likely N-dealkylation sites (N-methyl/N-ethyl adjacent to an activating group) is 1. The van der Waals surface area contributed by atoms with E-state index in [1.807, 2.05) is 47.0 Å². The third-order valence-electron chi connectivity index (χ3n) is 7.98. The molecule has 0 unspecified atom stereocenters. The van der Waals surface area contributed by atoms with Crippen molar-refractivity contribution in [3.63, 3.8) is 0 Å². The summed E-state index contributed by atoms with van der Waals surface area (Å²) in [6.45, 7) is 8.23. The minimum absolute atomic E-state index is 0.0231. The SMILES string of the molecule is CCN1[C@@H]2c3ccc(-c4ccccc4)c(=O)n3C[C@H]1[C@H](CO)[C@H]2C(=O)NCCCN1CCOCC1. The zero-order valence-corrected chi connectivity index (χ0v) is 20.4. The van der Waals surface area contributed by atoms with Gasteiger partial charge in [-0.3, -0.25) is 19.4 Å². The topological polar surface area (TPSA) is 87.0 Å². The molecule has 35 heavy (non-hydrogen) atoms. The van der Waals surface area contributed by atoms with Gasteiger partial charge in [-0.15, -0.1) is 0 Å². The summed E-state index contributed by atoms with van der Waals surface area (Å²) < 4.78 is 7.25. The van der Waals surface area contributed by atoms with Gasteiger partial charge in [-0.1, -0.05) is 37.3 Å². The Morgan fingerprint density at radius 2 is 1.91 bits per heavy atom. The normalized spacial score (nSPS) is 26.5. The lowest BCUT2D eigenvalue weighted by atomic mass is 9.86. The Kier molecular flexibility index (Phi) is 7.34. The van der Waals surface area contributed by atoms with E-state index in [-0.39, 0.29) is 42.0 Å². The number of pyridine rings is 1. The summed E-state index contributed by atoms with van der Waals surface area (Å²) in [6, 6.07) is 13.3. The maximum atomic E-state index is 13.5. The van der Waals surface area contributed by atoms with Crippen molar-refractivity contribution in [3.05, 3.63) is 58.5 Å². The number of fused-ring (bicyclic) bond motifs is 4. The van der Waals surface area contributed by atoms with Crippen molar-refractivity contribution in [1.82, 2.24) is 19.7 Å². The summed E-state index contributed by atoms with van der Waals surface area (Å²) >= 11 is 0. The smallest absolute Gasteiger partial charge is 0.258 e. The number of aromatic nitrogens is 1. The van der Waals surface area contributed by atoms with Crippen molar-refractivity contribution < 1.29 is 14.6 Å². The summed E-state index contributed by atoms with van der Waals surface area (Å²) in [5, 5.41) is 13.5. The van der Waals surface area contributed by atoms with Crippen LogP contribution < -0.4 is 10.9 Å². The van der Waals surface area contributed by atoms with Crippen molar-refractivity contribution in [2.75, 3.05) is 52.5 Å². The van der Waals surface area contributed by atoms with Gasteiger partial charge in [-0.05, 0) is 37.2 Å². The molecule has 5 rings (SSSR count). The molecule has 2 saturated heterocycles. The molecular formula is C27H36N4O4. The first-order valence-corrected chi connectivity index (χ1v) is 12.9. The highest BCUT2D eigenvalue weighted by Gasteiger charge is 2.55. The predicted octanol–water partition coefficient (Wildman–Crippen LogP) is 1.34. The maximum absolute atomic E-state index is 13.5. The van der Waals surface area contributed by atoms with Crippen molar-refractivity contribution >= 4 is 5.91 Å². The molecule has 8 nitrogen and oxygen atoms in total. The Balaban J connectivity index is 1.37. The molecule has 0 aliphatic carbocycles. The third-order valence-corrected chi connectivity index (χ3v) is 7.98. The molecule has 1 amide bonds. The molecule has 3 aliphatic rings. The van der Waals surface area contributed by atoms with Crippen LogP contribution in [0.2, 0.25) is 0 Å². The number of amides is 1. The van der Waals surface area contributed by atoms with E-state index in [4.69, 9.17) is 4.74 Å². The number of aliphatic hydroxyl groups is 1. The van der Waals surface area contributed by atoms with Gasteiger partial charge in [0.25, 0.3) is 5.56 Å². The molecule has 2 bridgehead atoms. The number of rotatable bonds is 8. The van der Waals surface area contributed by atoms with E-state index in [1.54, 1.807) is 0 Å². The number of aliphatic hydroxyl groups excluding tert-OH is 1. The number of nitrogens with zero attached hydrogens (tertiary/aromatic N) is 3. The average Bonchev–Trinajstić information content (AvgIpc) is 3.13. The zero-order valence-electron chi connectivity index (χ0n) is 20.4. The van der Waals surface area contributed by atoms with Gasteiger partial charge in [0, 0.05) is 56.0 Å². The van der Waals surface area contributed by atoms with Crippen LogP contribution in [0, 0.1) is 11.8 Å². The molecule has 3 aliphatic heterocycles. The number of nitrogens with one attached hydrogen (secondary N) is 1. The summed E-state index contributed by atoms with van der Waals surface area (Å²) in [7, 11) is 0. The predicted molar refractivity (Wildman–Crippen MR) is 134 cm³/mol. The highest BCUT2D eigenvalue weighted by Crippen LogP contribution is 2.48. The molecule has 1 aromatic carbocycles. The number of hydrogen-bond acceptors (Lipinski definition) is 6. The van der Waals surface area contributed by atoms with Crippen LogP contribution >= 0.6 is 0 Å². The van der Waals surface area contributed by atoms with Crippen LogP contribution in [0.5, 0.6) is 0 Å². The lowest BCUT2D eigenvalue weighted by molar-refractivity contribution is -0.127. The van der Waals surface area contributed by atoms with E-state index < -0.39 is 0 Å². The van der Waals surface area contributed by atoms with E-state index in [2.05, 4.69) is 22.0 Å². The number of morpholine rings is 1. The molecular weight excluding hydrogens is 444 g/mol. The second-order valence-corrected chi connectivity index (χ2v) is 9.77. The van der Waals surface area contributed by atoms with Gasteiger partial charge in [0.05, 0.1) is 25.2 Å². The van der Waals surface area contributed by atoms with Crippen LogP contribution in [0.1, 0.15) is 25.1 Å². The van der Waals surface area contributed by atoms with Crippen molar-refractivity contribution in [2.45, 2.75) is 32.0 Å². The highest BCUT2D eigenvalue weighted by molar-refractivity contribution is 5.80. The first-order valence-electron chi connectivity index (χ1n) is 12.9. The number of carbonyl (C=O) groups is 1. The summed E-state index contributed by atoms with van der Waals surface area (Å²) in [5.74, 6) is -0.618. The van der Waals surface area contributed by atoms with Gasteiger partial charge >= 0.3 is 0 Å². The molecule has 188 valence electrons. The monoisotopic (exact) mass is 480 g/mol. The Bertz CT molecular complexity index is 1080. The van der Waals surface area contributed by atoms with E-state index in [9.17, 15) is 14.7 Å². The first-order chi connectivity index (χ1) is 17.1. The molecule has 4 heterocycles. The van der Waals surface area contributed by atoms with E-state index in [0.717, 1.165) is 57.1 Å². The standard InChI is InChI=1S/C27H36N4O4/c1-2-30-23-17-31-22(10-9-20(27(31)34)19-7-4-3-5-8-19)25(30)24(21(23)18-32)26(33)28-11-6-12-29-13-15-35-16-14-29/h3-5,7-10,21,23-25,32H,2,6,11-18H2,1H3,(H,28,33)/t21-,23-,24+,25+/m0/s1. The Hall–Kier alpha value is -2.52. The van der Waals surface area contributed by atoms with Gasteiger partial charge in [0.2, 0.25) is 5.91 Å². The van der Waals surface area contributed by atoms with Crippen LogP contribution in [-0.2, 0) is 16.1 Å². The Morgan fingerprint density at radius 1 is 1.14 bits per heavy atom. The molecule has 2 aromatic rings. The van der Waals surface area contributed by atoms with Crippen LogP contribution in [0.4, 0.5) is 0 Å². The summed E-state index contributed by atoms with van der Waals surface area (Å²) in [6.07, 6.45) is 0.879. The summed E-state index contributed by atoms with van der Waals surface area (Å²) in [4.78, 5) is 31.7. The van der Waals surface area contributed by atoms with Crippen LogP contribution in [0.15, 0.2) is 47.3 Å². The quantitative estimate of drug-likeness (QED) is 0.555. The van der Waals surface area contributed by atoms with Crippen LogP contribution in [0.25, 0.3) is 11.1 Å². The second-order valence-electron chi connectivity index (χ2n) is 9.77. The van der Waals surface area contributed by atoms with Crippen LogP contribution in [-0.4, -0.2) is 84.0 Å². The largest absolute Gasteiger partial charge is 0.396 e. The molecule has 1 aromatic heterocycles.